The second-order valence-electron chi connectivity index (χ2n) is 3.76. The van der Waals surface area contributed by atoms with Gasteiger partial charge in [-0.2, -0.15) is 15.4 Å². The van der Waals surface area contributed by atoms with Crippen molar-refractivity contribution in [2.45, 2.75) is 6.54 Å². The molecule has 0 radical (unpaired) electrons. The van der Waals surface area contributed by atoms with Crippen molar-refractivity contribution in [2.24, 2.45) is 0 Å². The molecule has 1 amide bonds. The third-order valence-electron chi connectivity index (χ3n) is 2.38. The summed E-state index contributed by atoms with van der Waals surface area (Å²) in [4.78, 5) is 13.4. The van der Waals surface area contributed by atoms with Crippen molar-refractivity contribution in [3.8, 4) is 0 Å². The van der Waals surface area contributed by atoms with E-state index in [0.29, 0.717) is 17.9 Å². The van der Waals surface area contributed by atoms with Crippen LogP contribution in [0.15, 0.2) is 30.5 Å². The van der Waals surface area contributed by atoms with E-state index in [1.54, 1.807) is 11.9 Å². The fraction of sp³-hybridized carbons (Fsp3) is 0.182. The third-order valence-corrected chi connectivity index (χ3v) is 2.38. The van der Waals surface area contributed by atoms with E-state index < -0.39 is 0 Å². The summed E-state index contributed by atoms with van der Waals surface area (Å²) in [5, 5.41) is 9.76. The lowest BCUT2D eigenvalue weighted by Gasteiger charge is -2.15. The van der Waals surface area contributed by atoms with Gasteiger partial charge in [-0.05, 0) is 17.7 Å². The molecular weight excluding hydrogens is 218 g/mol. The minimum Gasteiger partial charge on any atom is -0.399 e. The van der Waals surface area contributed by atoms with Crippen LogP contribution < -0.4 is 5.73 Å². The summed E-state index contributed by atoms with van der Waals surface area (Å²) in [6.07, 6.45) is 1.40. The number of benzene rings is 1. The average molecular weight is 231 g/mol. The van der Waals surface area contributed by atoms with Gasteiger partial charge in [-0.15, -0.1) is 0 Å². The lowest BCUT2D eigenvalue weighted by molar-refractivity contribution is 0.0779. The molecule has 0 fully saturated rings. The molecular formula is C11H13N5O. The van der Waals surface area contributed by atoms with Crippen LogP contribution in [0.5, 0.6) is 0 Å². The highest BCUT2D eigenvalue weighted by Crippen LogP contribution is 2.09. The van der Waals surface area contributed by atoms with Crippen molar-refractivity contribution in [2.75, 3.05) is 12.8 Å². The zero-order valence-electron chi connectivity index (χ0n) is 9.42. The normalized spacial score (nSPS) is 10.2. The molecule has 0 aliphatic heterocycles. The van der Waals surface area contributed by atoms with Crippen molar-refractivity contribution in [3.05, 3.63) is 41.7 Å². The first-order valence-corrected chi connectivity index (χ1v) is 5.12. The molecule has 17 heavy (non-hydrogen) atoms. The molecule has 2 rings (SSSR count). The number of aromatic amines is 1. The highest BCUT2D eigenvalue weighted by molar-refractivity contribution is 5.91. The number of nitrogens with two attached hydrogens (primary N) is 1. The van der Waals surface area contributed by atoms with Crippen LogP contribution in [0.25, 0.3) is 0 Å². The molecule has 6 heteroatoms. The first-order chi connectivity index (χ1) is 8.16. The van der Waals surface area contributed by atoms with E-state index in [1.165, 1.54) is 6.20 Å². The van der Waals surface area contributed by atoms with Crippen LogP contribution in [0, 0.1) is 0 Å². The fourth-order valence-electron chi connectivity index (χ4n) is 1.47. The van der Waals surface area contributed by atoms with Crippen LogP contribution in [0.4, 0.5) is 5.69 Å². The number of nitrogens with zero attached hydrogens (tertiary/aromatic N) is 3. The molecule has 0 unspecified atom stereocenters. The topological polar surface area (TPSA) is 87.9 Å². The third kappa shape index (κ3) is 2.60. The van der Waals surface area contributed by atoms with Gasteiger partial charge in [0.25, 0.3) is 5.91 Å². The Morgan fingerprint density at radius 3 is 2.71 bits per heavy atom. The van der Waals surface area contributed by atoms with Crippen molar-refractivity contribution in [1.82, 2.24) is 20.3 Å². The zero-order chi connectivity index (χ0) is 12.3. The SMILES string of the molecule is CN(Cc1ccc(N)cc1)C(=O)c1cn[nH]n1. The number of H-pyrrole nitrogens is 1. The van der Waals surface area contributed by atoms with Crippen LogP contribution in [-0.4, -0.2) is 33.3 Å². The van der Waals surface area contributed by atoms with E-state index in [9.17, 15) is 4.79 Å². The molecule has 1 heterocycles. The van der Waals surface area contributed by atoms with E-state index in [4.69, 9.17) is 5.73 Å². The Morgan fingerprint density at radius 2 is 2.12 bits per heavy atom. The van der Waals surface area contributed by atoms with E-state index >= 15 is 0 Å². The van der Waals surface area contributed by atoms with E-state index in [0.717, 1.165) is 5.56 Å². The molecule has 0 spiro atoms. The molecule has 2 aromatic rings. The Bertz CT molecular complexity index is 491. The monoisotopic (exact) mass is 231 g/mol. The minimum absolute atomic E-state index is 0.171. The quantitative estimate of drug-likeness (QED) is 0.759. The fourth-order valence-corrected chi connectivity index (χ4v) is 1.47. The van der Waals surface area contributed by atoms with Crippen molar-refractivity contribution < 1.29 is 4.79 Å². The molecule has 1 aromatic carbocycles. The number of nitrogens with one attached hydrogen (secondary N) is 1. The Balaban J connectivity index is 2.04. The van der Waals surface area contributed by atoms with Gasteiger partial charge in [-0.3, -0.25) is 4.79 Å². The average Bonchev–Trinajstić information content (AvgIpc) is 2.84. The first kappa shape index (κ1) is 11.1. The van der Waals surface area contributed by atoms with Gasteiger partial charge in [0, 0.05) is 19.3 Å². The Kier molecular flexibility index (Phi) is 3.04. The number of carbonyl (C=O) groups excluding carboxylic acids is 1. The number of nitrogen functional groups attached to an aromatic ring is 1. The summed E-state index contributed by atoms with van der Waals surface area (Å²) in [5.41, 5.74) is 7.62. The largest absolute Gasteiger partial charge is 0.399 e. The standard InChI is InChI=1S/C11H13N5O/c1-16(11(17)10-6-13-15-14-10)7-8-2-4-9(12)5-3-8/h2-6H,7,12H2,1H3,(H,13,14,15). The van der Waals surface area contributed by atoms with Crippen LogP contribution in [0.1, 0.15) is 16.1 Å². The predicted octanol–water partition coefficient (Wildman–Crippen LogP) is 0.659. The lowest BCUT2D eigenvalue weighted by atomic mass is 10.2. The van der Waals surface area contributed by atoms with E-state index in [1.807, 2.05) is 24.3 Å². The number of carbonyl (C=O) groups is 1. The summed E-state index contributed by atoms with van der Waals surface area (Å²) >= 11 is 0. The number of amides is 1. The van der Waals surface area contributed by atoms with Gasteiger partial charge in [-0.1, -0.05) is 12.1 Å². The molecule has 1 aromatic heterocycles. The van der Waals surface area contributed by atoms with Crippen molar-refractivity contribution >= 4 is 11.6 Å². The zero-order valence-corrected chi connectivity index (χ0v) is 9.42. The highest BCUT2D eigenvalue weighted by atomic mass is 16.2. The molecule has 0 aliphatic carbocycles. The maximum absolute atomic E-state index is 11.9. The summed E-state index contributed by atoms with van der Waals surface area (Å²) in [6, 6.07) is 7.40. The second-order valence-corrected chi connectivity index (χ2v) is 3.76. The van der Waals surface area contributed by atoms with Gasteiger partial charge in [-0.25, -0.2) is 0 Å². The predicted molar refractivity (Wildman–Crippen MR) is 63.0 cm³/mol. The highest BCUT2D eigenvalue weighted by Gasteiger charge is 2.14. The van der Waals surface area contributed by atoms with Crippen LogP contribution >= 0.6 is 0 Å². The molecule has 88 valence electrons. The maximum atomic E-state index is 11.9. The first-order valence-electron chi connectivity index (χ1n) is 5.12. The molecule has 0 bridgehead atoms. The molecule has 0 saturated heterocycles. The summed E-state index contributed by atoms with van der Waals surface area (Å²) in [7, 11) is 1.72. The van der Waals surface area contributed by atoms with Crippen molar-refractivity contribution in [3.63, 3.8) is 0 Å². The number of hydrogen-bond acceptors (Lipinski definition) is 4. The van der Waals surface area contributed by atoms with E-state index in [2.05, 4.69) is 15.4 Å². The van der Waals surface area contributed by atoms with E-state index in [-0.39, 0.29) is 5.91 Å². The summed E-state index contributed by atoms with van der Waals surface area (Å²) < 4.78 is 0. The Morgan fingerprint density at radius 1 is 1.41 bits per heavy atom. The van der Waals surface area contributed by atoms with Gasteiger partial charge in [0.2, 0.25) is 0 Å². The molecule has 6 nitrogen and oxygen atoms in total. The molecule has 3 N–H and O–H groups in total. The van der Waals surface area contributed by atoms with Gasteiger partial charge in [0.1, 0.15) is 0 Å². The summed E-state index contributed by atoms with van der Waals surface area (Å²) in [5.74, 6) is -0.171. The number of hydrogen-bond donors (Lipinski definition) is 2. The van der Waals surface area contributed by atoms with Gasteiger partial charge in [0.05, 0.1) is 6.20 Å². The smallest absolute Gasteiger partial charge is 0.276 e. The Hall–Kier alpha value is -2.37. The van der Waals surface area contributed by atoms with Crippen molar-refractivity contribution in [1.29, 1.82) is 0 Å². The molecule has 0 aliphatic rings. The van der Waals surface area contributed by atoms with Crippen LogP contribution in [-0.2, 0) is 6.54 Å². The lowest BCUT2D eigenvalue weighted by Crippen LogP contribution is -2.26. The minimum atomic E-state index is -0.171. The summed E-state index contributed by atoms with van der Waals surface area (Å²) in [6.45, 7) is 0.506. The van der Waals surface area contributed by atoms with Crippen LogP contribution in [0.3, 0.4) is 0 Å². The second kappa shape index (κ2) is 4.65. The Labute approximate surface area is 98.4 Å². The van der Waals surface area contributed by atoms with Gasteiger partial charge in [0.15, 0.2) is 5.69 Å². The molecule has 0 atom stereocenters. The maximum Gasteiger partial charge on any atom is 0.276 e. The van der Waals surface area contributed by atoms with Gasteiger partial charge >= 0.3 is 0 Å². The number of anilines is 1. The number of aromatic nitrogens is 3. The van der Waals surface area contributed by atoms with Crippen LogP contribution in [0.2, 0.25) is 0 Å². The number of rotatable bonds is 3. The van der Waals surface area contributed by atoms with Gasteiger partial charge < -0.3 is 10.6 Å². The molecule has 0 saturated carbocycles.